The first-order valence-corrected chi connectivity index (χ1v) is 7.71. The lowest BCUT2D eigenvalue weighted by atomic mass is 10.4. The Balaban J connectivity index is 2.04. The summed E-state index contributed by atoms with van der Waals surface area (Å²) >= 11 is 0. The van der Waals surface area contributed by atoms with Gasteiger partial charge in [-0.1, -0.05) is 0 Å². The van der Waals surface area contributed by atoms with Gasteiger partial charge in [0.2, 0.25) is 5.91 Å². The first-order valence-electron chi connectivity index (χ1n) is 5.65. The van der Waals surface area contributed by atoms with E-state index in [4.69, 9.17) is 0 Å². The van der Waals surface area contributed by atoms with Crippen LogP contribution in [0.5, 0.6) is 0 Å². The molecule has 5 nitrogen and oxygen atoms in total. The van der Waals surface area contributed by atoms with Gasteiger partial charge in [0.05, 0.1) is 12.3 Å². The molecule has 1 fully saturated rings. The topological polar surface area (TPSA) is 66.5 Å². The van der Waals surface area contributed by atoms with Crippen LogP contribution in [0.15, 0.2) is 0 Å². The van der Waals surface area contributed by atoms with E-state index in [1.807, 2.05) is 4.90 Å². The van der Waals surface area contributed by atoms with E-state index in [1.54, 1.807) is 0 Å². The van der Waals surface area contributed by atoms with Gasteiger partial charge in [-0.05, 0) is 25.8 Å². The average molecular weight is 248 g/mol. The minimum Gasteiger partial charge on any atom is -0.342 e. The van der Waals surface area contributed by atoms with Crippen molar-refractivity contribution >= 4 is 15.7 Å². The van der Waals surface area contributed by atoms with Crippen molar-refractivity contribution in [3.05, 3.63) is 0 Å². The largest absolute Gasteiger partial charge is 0.342 e. The lowest BCUT2D eigenvalue weighted by molar-refractivity contribution is -0.129. The molecule has 1 aliphatic heterocycles. The second-order valence-corrected chi connectivity index (χ2v) is 6.51. The number of nitrogens with zero attached hydrogens (tertiary/aromatic N) is 1. The number of rotatable bonds is 6. The number of hydrogen-bond donors (Lipinski definition) is 1. The van der Waals surface area contributed by atoms with E-state index in [9.17, 15) is 13.2 Å². The van der Waals surface area contributed by atoms with Gasteiger partial charge < -0.3 is 10.2 Å². The fourth-order valence-electron chi connectivity index (χ4n) is 1.73. The van der Waals surface area contributed by atoms with E-state index in [1.165, 1.54) is 6.26 Å². The third-order valence-electron chi connectivity index (χ3n) is 2.60. The highest BCUT2D eigenvalue weighted by Crippen LogP contribution is 2.06. The van der Waals surface area contributed by atoms with Crippen LogP contribution < -0.4 is 5.32 Å². The molecule has 1 amide bonds. The van der Waals surface area contributed by atoms with Crippen molar-refractivity contribution in [3.8, 4) is 0 Å². The zero-order valence-corrected chi connectivity index (χ0v) is 10.6. The van der Waals surface area contributed by atoms with Crippen molar-refractivity contribution in [2.45, 2.75) is 19.3 Å². The molecule has 1 N–H and O–H groups in total. The predicted octanol–water partition coefficient (Wildman–Crippen LogP) is -0.367. The molecule has 1 rings (SSSR count). The summed E-state index contributed by atoms with van der Waals surface area (Å²) in [6.45, 7) is 2.63. The maximum Gasteiger partial charge on any atom is 0.236 e. The molecule has 6 heteroatoms. The smallest absolute Gasteiger partial charge is 0.236 e. The van der Waals surface area contributed by atoms with Crippen LogP contribution in [-0.2, 0) is 14.6 Å². The Morgan fingerprint density at radius 3 is 2.50 bits per heavy atom. The zero-order chi connectivity index (χ0) is 12.0. The first-order chi connectivity index (χ1) is 7.49. The molecule has 1 saturated heterocycles. The molecular formula is C10H20N2O3S. The highest BCUT2D eigenvalue weighted by atomic mass is 32.2. The van der Waals surface area contributed by atoms with Crippen LogP contribution in [-0.4, -0.2) is 57.4 Å². The van der Waals surface area contributed by atoms with Gasteiger partial charge in [0.1, 0.15) is 9.84 Å². The SMILES string of the molecule is CS(=O)(=O)CCCNCC(=O)N1CCCC1. The molecule has 0 aliphatic carbocycles. The first kappa shape index (κ1) is 13.4. The van der Waals surface area contributed by atoms with Crippen molar-refractivity contribution in [2.75, 3.05) is 38.2 Å². The lowest BCUT2D eigenvalue weighted by Crippen LogP contribution is -2.36. The predicted molar refractivity (Wildman–Crippen MR) is 63.0 cm³/mol. The minimum absolute atomic E-state index is 0.122. The number of amides is 1. The molecule has 16 heavy (non-hydrogen) atoms. The van der Waals surface area contributed by atoms with E-state index in [0.29, 0.717) is 19.5 Å². The molecule has 0 aromatic carbocycles. The molecule has 0 saturated carbocycles. The third-order valence-corrected chi connectivity index (χ3v) is 3.63. The van der Waals surface area contributed by atoms with Gasteiger partial charge in [0, 0.05) is 19.3 Å². The highest BCUT2D eigenvalue weighted by Gasteiger charge is 2.16. The van der Waals surface area contributed by atoms with E-state index in [-0.39, 0.29) is 11.7 Å². The van der Waals surface area contributed by atoms with E-state index >= 15 is 0 Å². The summed E-state index contributed by atoms with van der Waals surface area (Å²) < 4.78 is 21.7. The maximum absolute atomic E-state index is 11.6. The molecule has 1 heterocycles. The van der Waals surface area contributed by atoms with Crippen molar-refractivity contribution in [3.63, 3.8) is 0 Å². The van der Waals surface area contributed by atoms with Crippen molar-refractivity contribution in [1.29, 1.82) is 0 Å². The molecule has 0 atom stereocenters. The minimum atomic E-state index is -2.88. The van der Waals surface area contributed by atoms with Crippen LogP contribution in [0.25, 0.3) is 0 Å². The number of carbonyl (C=O) groups is 1. The fourth-order valence-corrected chi connectivity index (χ4v) is 2.40. The second-order valence-electron chi connectivity index (χ2n) is 4.25. The Morgan fingerprint density at radius 2 is 1.94 bits per heavy atom. The summed E-state index contributed by atoms with van der Waals surface area (Å²) in [4.78, 5) is 13.4. The average Bonchev–Trinajstić information content (AvgIpc) is 2.67. The summed E-state index contributed by atoms with van der Waals surface area (Å²) in [5, 5.41) is 2.98. The molecule has 0 spiro atoms. The summed E-state index contributed by atoms with van der Waals surface area (Å²) in [5.41, 5.74) is 0. The van der Waals surface area contributed by atoms with Crippen molar-refractivity contribution in [1.82, 2.24) is 10.2 Å². The summed E-state index contributed by atoms with van der Waals surface area (Å²) in [6.07, 6.45) is 3.98. The van der Waals surface area contributed by atoms with Gasteiger partial charge in [-0.3, -0.25) is 4.79 Å². The Labute approximate surface area is 97.1 Å². The lowest BCUT2D eigenvalue weighted by Gasteiger charge is -2.15. The standard InChI is InChI=1S/C10H20N2O3S/c1-16(14,15)8-4-5-11-9-10(13)12-6-2-3-7-12/h11H,2-9H2,1H3. The Hall–Kier alpha value is -0.620. The number of sulfone groups is 1. The van der Waals surface area contributed by atoms with Gasteiger partial charge in [0.25, 0.3) is 0 Å². The molecular weight excluding hydrogens is 228 g/mol. The molecule has 94 valence electrons. The van der Waals surface area contributed by atoms with Crippen LogP contribution in [0.4, 0.5) is 0 Å². The maximum atomic E-state index is 11.6. The molecule has 0 radical (unpaired) electrons. The molecule has 0 aromatic rings. The van der Waals surface area contributed by atoms with Crippen LogP contribution in [0, 0.1) is 0 Å². The summed E-state index contributed by atoms with van der Waals surface area (Å²) in [6, 6.07) is 0. The van der Waals surface area contributed by atoms with E-state index in [0.717, 1.165) is 25.9 Å². The second kappa shape index (κ2) is 6.20. The van der Waals surface area contributed by atoms with Gasteiger partial charge in [0.15, 0.2) is 0 Å². The summed E-state index contributed by atoms with van der Waals surface area (Å²) in [5.74, 6) is 0.301. The Bertz CT molecular complexity index is 321. The summed E-state index contributed by atoms with van der Waals surface area (Å²) in [7, 11) is -2.88. The number of hydrogen-bond acceptors (Lipinski definition) is 4. The zero-order valence-electron chi connectivity index (χ0n) is 9.74. The fraction of sp³-hybridized carbons (Fsp3) is 0.900. The van der Waals surface area contributed by atoms with E-state index < -0.39 is 9.84 Å². The normalized spacial score (nSPS) is 16.7. The molecule has 1 aliphatic rings. The van der Waals surface area contributed by atoms with Crippen LogP contribution in [0.2, 0.25) is 0 Å². The third kappa shape index (κ3) is 5.46. The van der Waals surface area contributed by atoms with Gasteiger partial charge in [-0.2, -0.15) is 0 Å². The number of nitrogens with one attached hydrogen (secondary N) is 1. The molecule has 0 bridgehead atoms. The monoisotopic (exact) mass is 248 g/mol. The Kier molecular flexibility index (Phi) is 5.21. The van der Waals surface area contributed by atoms with Gasteiger partial charge >= 0.3 is 0 Å². The van der Waals surface area contributed by atoms with Gasteiger partial charge in [-0.15, -0.1) is 0 Å². The van der Waals surface area contributed by atoms with Gasteiger partial charge in [-0.25, -0.2) is 8.42 Å². The van der Waals surface area contributed by atoms with Crippen LogP contribution in [0.1, 0.15) is 19.3 Å². The number of likely N-dealkylation sites (tertiary alicyclic amines) is 1. The van der Waals surface area contributed by atoms with Crippen molar-refractivity contribution < 1.29 is 13.2 Å². The number of carbonyl (C=O) groups excluding carboxylic acids is 1. The van der Waals surface area contributed by atoms with Crippen LogP contribution >= 0.6 is 0 Å². The van der Waals surface area contributed by atoms with E-state index in [2.05, 4.69) is 5.32 Å². The Morgan fingerprint density at radius 1 is 1.31 bits per heavy atom. The quantitative estimate of drug-likeness (QED) is 0.652. The molecule has 0 aromatic heterocycles. The van der Waals surface area contributed by atoms with Crippen molar-refractivity contribution in [2.24, 2.45) is 0 Å². The highest BCUT2D eigenvalue weighted by molar-refractivity contribution is 7.90. The molecule has 0 unspecified atom stereocenters. The van der Waals surface area contributed by atoms with Crippen LogP contribution in [0.3, 0.4) is 0 Å².